The lowest BCUT2D eigenvalue weighted by atomic mass is 9.77. The fraction of sp³-hybridized carbons (Fsp3) is 0.542. The Hall–Kier alpha value is -2.15. The van der Waals surface area contributed by atoms with Crippen molar-refractivity contribution in [1.29, 1.82) is 0 Å². The third kappa shape index (κ3) is 3.68. The summed E-state index contributed by atoms with van der Waals surface area (Å²) in [4.78, 5) is 17.6. The molecule has 0 bridgehead atoms. The molecule has 1 amide bonds. The van der Waals surface area contributed by atoms with Crippen LogP contribution in [-0.2, 0) is 11.3 Å². The molecular weight excluding hydrogens is 378 g/mol. The molecule has 1 aromatic carbocycles. The molecule has 1 unspecified atom stereocenters. The molecule has 6 nitrogen and oxygen atoms in total. The SMILES string of the molecule is COCCn1c(-c2ccc(C)cc2)cc(C(=O)N2CC3(CC(CO)N(C)C3)C2)c1C. The van der Waals surface area contributed by atoms with Crippen molar-refractivity contribution in [3.63, 3.8) is 0 Å². The number of likely N-dealkylation sites (tertiary alicyclic amines) is 2. The predicted octanol–water partition coefficient (Wildman–Crippen LogP) is 2.56. The molecule has 1 atom stereocenters. The van der Waals surface area contributed by atoms with Crippen LogP contribution in [-0.4, -0.2) is 78.4 Å². The van der Waals surface area contributed by atoms with Gasteiger partial charge in [-0.15, -0.1) is 0 Å². The Morgan fingerprint density at radius 2 is 1.90 bits per heavy atom. The van der Waals surface area contributed by atoms with Crippen molar-refractivity contribution in [2.24, 2.45) is 5.41 Å². The molecule has 2 fully saturated rings. The van der Waals surface area contributed by atoms with Crippen molar-refractivity contribution < 1.29 is 14.6 Å². The van der Waals surface area contributed by atoms with Crippen molar-refractivity contribution in [2.45, 2.75) is 32.9 Å². The molecular formula is C24H33N3O3. The second kappa shape index (κ2) is 8.17. The van der Waals surface area contributed by atoms with Gasteiger partial charge in [0.25, 0.3) is 5.91 Å². The van der Waals surface area contributed by atoms with Gasteiger partial charge < -0.3 is 24.2 Å². The molecule has 3 heterocycles. The topological polar surface area (TPSA) is 57.9 Å². The molecule has 1 aromatic heterocycles. The van der Waals surface area contributed by atoms with E-state index in [9.17, 15) is 9.90 Å². The van der Waals surface area contributed by atoms with E-state index in [1.165, 1.54) is 5.56 Å². The van der Waals surface area contributed by atoms with Gasteiger partial charge in [0.05, 0.1) is 18.8 Å². The number of carbonyl (C=O) groups is 1. The molecule has 4 rings (SSSR count). The molecule has 30 heavy (non-hydrogen) atoms. The molecule has 2 saturated heterocycles. The number of carbonyl (C=O) groups excluding carboxylic acids is 1. The number of aromatic nitrogens is 1. The minimum absolute atomic E-state index is 0.109. The zero-order chi connectivity index (χ0) is 21.5. The smallest absolute Gasteiger partial charge is 0.255 e. The van der Waals surface area contributed by atoms with Crippen molar-refractivity contribution in [3.05, 3.63) is 47.2 Å². The molecule has 2 aliphatic rings. The molecule has 0 aliphatic carbocycles. The summed E-state index contributed by atoms with van der Waals surface area (Å²) in [5.41, 5.74) is 5.30. The number of amides is 1. The number of aliphatic hydroxyl groups is 1. The Kier molecular flexibility index (Phi) is 5.75. The molecule has 2 aliphatic heterocycles. The van der Waals surface area contributed by atoms with Gasteiger partial charge in [0.1, 0.15) is 0 Å². The zero-order valence-corrected chi connectivity index (χ0v) is 18.5. The average molecular weight is 412 g/mol. The van der Waals surface area contributed by atoms with Crippen LogP contribution in [0.3, 0.4) is 0 Å². The number of likely N-dealkylation sites (N-methyl/N-ethyl adjacent to an activating group) is 1. The van der Waals surface area contributed by atoms with E-state index in [2.05, 4.69) is 47.7 Å². The van der Waals surface area contributed by atoms with Crippen molar-refractivity contribution in [1.82, 2.24) is 14.4 Å². The lowest BCUT2D eigenvalue weighted by molar-refractivity contribution is 0.0113. The van der Waals surface area contributed by atoms with Gasteiger partial charge in [0.2, 0.25) is 0 Å². The number of aryl methyl sites for hydroxylation is 1. The number of methoxy groups -OCH3 is 1. The summed E-state index contributed by atoms with van der Waals surface area (Å²) < 4.78 is 7.51. The van der Waals surface area contributed by atoms with E-state index in [0.717, 1.165) is 48.6 Å². The molecule has 1 spiro atoms. The number of aliphatic hydroxyl groups excluding tert-OH is 1. The standard InChI is InChI=1S/C24H33N3O3/c1-17-5-7-19(8-6-17)22-11-21(18(2)27(22)9-10-30-4)23(29)26-15-24(16-26)12-20(13-28)25(3)14-24/h5-8,11,20,28H,9-10,12-16H2,1-4H3. The fourth-order valence-corrected chi connectivity index (χ4v) is 5.18. The second-order valence-electron chi connectivity index (χ2n) is 9.16. The predicted molar refractivity (Wildman–Crippen MR) is 118 cm³/mol. The van der Waals surface area contributed by atoms with Crippen LogP contribution in [0.5, 0.6) is 0 Å². The first-order valence-electron chi connectivity index (χ1n) is 10.7. The fourth-order valence-electron chi connectivity index (χ4n) is 5.18. The Morgan fingerprint density at radius 1 is 1.20 bits per heavy atom. The highest BCUT2D eigenvalue weighted by Gasteiger charge is 2.51. The third-order valence-electron chi connectivity index (χ3n) is 6.89. The van der Waals surface area contributed by atoms with Crippen LogP contribution < -0.4 is 0 Å². The number of ether oxygens (including phenoxy) is 1. The molecule has 6 heteroatoms. The van der Waals surface area contributed by atoms with E-state index in [1.54, 1.807) is 7.11 Å². The Balaban J connectivity index is 1.57. The first-order chi connectivity index (χ1) is 14.4. The Morgan fingerprint density at radius 3 is 2.50 bits per heavy atom. The normalized spacial score (nSPS) is 20.7. The number of hydrogen-bond donors (Lipinski definition) is 1. The third-order valence-corrected chi connectivity index (χ3v) is 6.89. The van der Waals surface area contributed by atoms with Gasteiger partial charge in [-0.3, -0.25) is 4.79 Å². The highest BCUT2D eigenvalue weighted by atomic mass is 16.5. The van der Waals surface area contributed by atoms with Gasteiger partial charge in [-0.25, -0.2) is 0 Å². The van der Waals surface area contributed by atoms with Gasteiger partial charge in [-0.1, -0.05) is 29.8 Å². The highest BCUT2D eigenvalue weighted by Crippen LogP contribution is 2.42. The number of rotatable bonds is 6. The summed E-state index contributed by atoms with van der Waals surface area (Å²) in [5.74, 6) is 0.109. The number of hydrogen-bond acceptors (Lipinski definition) is 4. The lowest BCUT2D eigenvalue weighted by Gasteiger charge is -2.48. The quantitative estimate of drug-likeness (QED) is 0.794. The average Bonchev–Trinajstić information content (AvgIpc) is 3.22. The zero-order valence-electron chi connectivity index (χ0n) is 18.5. The molecule has 0 radical (unpaired) electrons. The van der Waals surface area contributed by atoms with Crippen LogP contribution in [0, 0.1) is 19.3 Å². The first-order valence-corrected chi connectivity index (χ1v) is 10.7. The van der Waals surface area contributed by atoms with E-state index >= 15 is 0 Å². The van der Waals surface area contributed by atoms with Gasteiger partial charge >= 0.3 is 0 Å². The largest absolute Gasteiger partial charge is 0.395 e. The maximum Gasteiger partial charge on any atom is 0.255 e. The molecule has 0 saturated carbocycles. The minimum atomic E-state index is 0.109. The van der Waals surface area contributed by atoms with Gasteiger partial charge in [0.15, 0.2) is 0 Å². The van der Waals surface area contributed by atoms with Crippen molar-refractivity contribution >= 4 is 5.91 Å². The highest BCUT2D eigenvalue weighted by molar-refractivity contribution is 5.97. The maximum atomic E-state index is 13.4. The lowest BCUT2D eigenvalue weighted by Crippen LogP contribution is -2.59. The van der Waals surface area contributed by atoms with Gasteiger partial charge in [-0.05, 0) is 38.9 Å². The Bertz CT molecular complexity index is 913. The van der Waals surface area contributed by atoms with E-state index in [-0.39, 0.29) is 24.0 Å². The van der Waals surface area contributed by atoms with Crippen molar-refractivity contribution in [3.8, 4) is 11.3 Å². The van der Waals surface area contributed by atoms with Crippen molar-refractivity contribution in [2.75, 3.05) is 47.0 Å². The van der Waals surface area contributed by atoms with E-state index in [0.29, 0.717) is 13.2 Å². The van der Waals surface area contributed by atoms with E-state index < -0.39 is 0 Å². The molecule has 162 valence electrons. The van der Waals surface area contributed by atoms with Gasteiger partial charge in [0, 0.05) is 56.1 Å². The summed E-state index contributed by atoms with van der Waals surface area (Å²) in [6, 6.07) is 10.7. The molecule has 1 N–H and O–H groups in total. The number of nitrogens with zero attached hydrogens (tertiary/aromatic N) is 3. The van der Waals surface area contributed by atoms with Gasteiger partial charge in [-0.2, -0.15) is 0 Å². The van der Waals surface area contributed by atoms with Crippen LogP contribution in [0.25, 0.3) is 11.3 Å². The summed E-state index contributed by atoms with van der Waals surface area (Å²) in [7, 11) is 3.77. The number of benzene rings is 1. The summed E-state index contributed by atoms with van der Waals surface area (Å²) in [5, 5.41) is 9.57. The second-order valence-corrected chi connectivity index (χ2v) is 9.16. The minimum Gasteiger partial charge on any atom is -0.395 e. The summed E-state index contributed by atoms with van der Waals surface area (Å²) in [6.07, 6.45) is 0.965. The monoisotopic (exact) mass is 411 g/mol. The maximum absolute atomic E-state index is 13.4. The van der Waals surface area contributed by atoms with E-state index in [4.69, 9.17) is 4.74 Å². The van der Waals surface area contributed by atoms with Crippen LogP contribution in [0.2, 0.25) is 0 Å². The summed E-state index contributed by atoms with van der Waals surface area (Å²) in [6.45, 7) is 8.11. The van der Waals surface area contributed by atoms with Crippen LogP contribution in [0.1, 0.15) is 28.0 Å². The van der Waals surface area contributed by atoms with Crippen LogP contribution in [0.15, 0.2) is 30.3 Å². The van der Waals surface area contributed by atoms with E-state index in [1.807, 2.05) is 17.9 Å². The van der Waals surface area contributed by atoms with Crippen LogP contribution >= 0.6 is 0 Å². The summed E-state index contributed by atoms with van der Waals surface area (Å²) >= 11 is 0. The first kappa shape index (κ1) is 21.1. The molecule has 2 aromatic rings. The van der Waals surface area contributed by atoms with Crippen LogP contribution in [0.4, 0.5) is 0 Å². The Labute approximate surface area is 179 Å².